The van der Waals surface area contributed by atoms with E-state index in [-0.39, 0.29) is 18.6 Å². The molecule has 1 aliphatic heterocycles. The van der Waals surface area contributed by atoms with E-state index < -0.39 is 0 Å². The lowest BCUT2D eigenvalue weighted by Crippen LogP contribution is -2.37. The Bertz CT molecular complexity index is 620. The van der Waals surface area contributed by atoms with Gasteiger partial charge < -0.3 is 10.0 Å². The van der Waals surface area contributed by atoms with Gasteiger partial charge in [-0.1, -0.05) is 0 Å². The molecule has 1 aliphatic rings. The van der Waals surface area contributed by atoms with Crippen LogP contribution in [0.15, 0.2) is 18.3 Å². The van der Waals surface area contributed by atoms with E-state index in [1.165, 1.54) is 0 Å². The predicted molar refractivity (Wildman–Crippen MR) is 72.0 cm³/mol. The molecule has 1 amide bonds. The fraction of sp³-hybridized carbons (Fsp3) is 0.429. The number of likely N-dealkylation sites (tertiary alicyclic amines) is 1. The number of amides is 1. The third-order valence-corrected chi connectivity index (χ3v) is 3.77. The molecule has 1 aromatic heterocycles. The van der Waals surface area contributed by atoms with Crippen LogP contribution in [0.4, 0.5) is 0 Å². The van der Waals surface area contributed by atoms with E-state index in [0.29, 0.717) is 12.1 Å². The number of rotatable bonds is 2. The Morgan fingerprint density at radius 2 is 2.42 bits per heavy atom. The number of hydrogen-bond acceptors (Lipinski definition) is 3. The fourth-order valence-electron chi connectivity index (χ4n) is 2.82. The maximum absolute atomic E-state index is 12.6. The van der Waals surface area contributed by atoms with Gasteiger partial charge in [0.1, 0.15) is 0 Å². The summed E-state index contributed by atoms with van der Waals surface area (Å²) < 4.78 is 0. The van der Waals surface area contributed by atoms with Gasteiger partial charge in [0.15, 0.2) is 0 Å². The van der Waals surface area contributed by atoms with Crippen molar-refractivity contribution in [2.45, 2.75) is 25.8 Å². The first-order chi connectivity index (χ1) is 9.20. The van der Waals surface area contributed by atoms with Crippen LogP contribution in [0.25, 0.3) is 10.9 Å². The molecule has 100 valence electrons. The van der Waals surface area contributed by atoms with Crippen molar-refractivity contribution in [1.82, 2.24) is 15.1 Å². The average molecular weight is 259 g/mol. The standard InChI is InChI=1S/C14H17N3O2/c1-9-5-10-7-15-16-13(10)12(6-9)14(19)17-4-2-3-11(17)8-18/h5-7,11,18H,2-4,8H2,1H3,(H,15,16)/t11-/m1/s1. The molecule has 0 unspecified atom stereocenters. The van der Waals surface area contributed by atoms with Crippen molar-refractivity contribution in [3.8, 4) is 0 Å². The third kappa shape index (κ3) is 2.00. The number of carbonyl (C=O) groups excluding carboxylic acids is 1. The number of aliphatic hydroxyl groups is 1. The molecular weight excluding hydrogens is 242 g/mol. The lowest BCUT2D eigenvalue weighted by molar-refractivity contribution is 0.0679. The number of nitrogens with one attached hydrogen (secondary N) is 1. The number of aromatic nitrogens is 2. The summed E-state index contributed by atoms with van der Waals surface area (Å²) in [6.45, 7) is 2.72. The van der Waals surface area contributed by atoms with Gasteiger partial charge in [-0.25, -0.2) is 0 Å². The molecule has 0 bridgehead atoms. The molecule has 5 heteroatoms. The van der Waals surface area contributed by atoms with Crippen LogP contribution in [-0.4, -0.2) is 45.3 Å². The van der Waals surface area contributed by atoms with Crippen molar-refractivity contribution in [1.29, 1.82) is 0 Å². The molecule has 0 spiro atoms. The summed E-state index contributed by atoms with van der Waals surface area (Å²) in [6.07, 6.45) is 3.56. The molecule has 19 heavy (non-hydrogen) atoms. The van der Waals surface area contributed by atoms with E-state index in [1.807, 2.05) is 19.1 Å². The highest BCUT2D eigenvalue weighted by atomic mass is 16.3. The summed E-state index contributed by atoms with van der Waals surface area (Å²) in [5, 5.41) is 17.2. The van der Waals surface area contributed by atoms with Crippen LogP contribution in [0.5, 0.6) is 0 Å². The molecule has 1 atom stereocenters. The normalized spacial score (nSPS) is 19.3. The third-order valence-electron chi connectivity index (χ3n) is 3.77. The van der Waals surface area contributed by atoms with Crippen LogP contribution in [0, 0.1) is 6.92 Å². The van der Waals surface area contributed by atoms with Gasteiger partial charge in [-0.05, 0) is 37.5 Å². The van der Waals surface area contributed by atoms with Gasteiger partial charge in [0.25, 0.3) is 5.91 Å². The van der Waals surface area contributed by atoms with Gasteiger partial charge in [-0.15, -0.1) is 0 Å². The van der Waals surface area contributed by atoms with E-state index in [0.717, 1.165) is 29.3 Å². The van der Waals surface area contributed by atoms with Crippen molar-refractivity contribution in [2.24, 2.45) is 0 Å². The topological polar surface area (TPSA) is 69.2 Å². The maximum atomic E-state index is 12.6. The molecule has 0 aliphatic carbocycles. The van der Waals surface area contributed by atoms with Crippen LogP contribution < -0.4 is 0 Å². The smallest absolute Gasteiger partial charge is 0.256 e. The van der Waals surface area contributed by atoms with Crippen molar-refractivity contribution >= 4 is 16.8 Å². The Hall–Kier alpha value is -1.88. The molecule has 0 radical (unpaired) electrons. The quantitative estimate of drug-likeness (QED) is 0.858. The Balaban J connectivity index is 2.03. The average Bonchev–Trinajstić information content (AvgIpc) is 3.04. The second kappa shape index (κ2) is 4.66. The van der Waals surface area contributed by atoms with Crippen LogP contribution in [0.3, 0.4) is 0 Å². The summed E-state index contributed by atoms with van der Waals surface area (Å²) in [5.41, 5.74) is 2.46. The number of hydrogen-bond donors (Lipinski definition) is 2. The summed E-state index contributed by atoms with van der Waals surface area (Å²) in [5.74, 6) is -0.0190. The maximum Gasteiger partial charge on any atom is 0.256 e. The van der Waals surface area contributed by atoms with E-state index in [9.17, 15) is 9.90 Å². The van der Waals surface area contributed by atoms with E-state index in [2.05, 4.69) is 10.2 Å². The number of nitrogens with zero attached hydrogens (tertiary/aromatic N) is 2. The van der Waals surface area contributed by atoms with Gasteiger partial charge in [0.05, 0.1) is 29.9 Å². The van der Waals surface area contributed by atoms with Gasteiger partial charge >= 0.3 is 0 Å². The zero-order valence-corrected chi connectivity index (χ0v) is 10.9. The summed E-state index contributed by atoms with van der Waals surface area (Å²) >= 11 is 0. The first-order valence-electron chi connectivity index (χ1n) is 6.56. The lowest BCUT2D eigenvalue weighted by atomic mass is 10.1. The number of aromatic amines is 1. The molecule has 2 N–H and O–H groups in total. The first-order valence-corrected chi connectivity index (χ1v) is 6.56. The van der Waals surface area contributed by atoms with Crippen molar-refractivity contribution in [3.63, 3.8) is 0 Å². The number of aryl methyl sites for hydroxylation is 1. The highest BCUT2D eigenvalue weighted by Crippen LogP contribution is 2.24. The Morgan fingerprint density at radius 1 is 1.58 bits per heavy atom. The molecule has 3 rings (SSSR count). The van der Waals surface area contributed by atoms with Crippen LogP contribution >= 0.6 is 0 Å². The van der Waals surface area contributed by atoms with Gasteiger partial charge in [-0.2, -0.15) is 5.10 Å². The Morgan fingerprint density at radius 3 is 3.21 bits per heavy atom. The molecule has 2 heterocycles. The van der Waals surface area contributed by atoms with Gasteiger partial charge in [0, 0.05) is 11.9 Å². The highest BCUT2D eigenvalue weighted by molar-refractivity contribution is 6.05. The van der Waals surface area contributed by atoms with Crippen molar-refractivity contribution < 1.29 is 9.90 Å². The van der Waals surface area contributed by atoms with Gasteiger partial charge in [-0.3, -0.25) is 9.89 Å². The van der Waals surface area contributed by atoms with Crippen LogP contribution in [0.1, 0.15) is 28.8 Å². The highest BCUT2D eigenvalue weighted by Gasteiger charge is 2.29. The minimum absolute atomic E-state index is 0.0190. The second-order valence-electron chi connectivity index (χ2n) is 5.12. The zero-order chi connectivity index (χ0) is 13.4. The number of fused-ring (bicyclic) bond motifs is 1. The lowest BCUT2D eigenvalue weighted by Gasteiger charge is -2.23. The van der Waals surface area contributed by atoms with E-state index >= 15 is 0 Å². The molecule has 5 nitrogen and oxygen atoms in total. The summed E-state index contributed by atoms with van der Waals surface area (Å²) in [6, 6.07) is 3.84. The predicted octanol–water partition coefficient (Wildman–Crippen LogP) is 1.47. The molecule has 1 aromatic carbocycles. The van der Waals surface area contributed by atoms with E-state index in [4.69, 9.17) is 0 Å². The molecule has 1 saturated heterocycles. The SMILES string of the molecule is Cc1cc(C(=O)N2CCC[C@@H]2CO)c2[nH]ncc2c1. The van der Waals surface area contributed by atoms with Crippen molar-refractivity contribution in [3.05, 3.63) is 29.5 Å². The largest absolute Gasteiger partial charge is 0.394 e. The molecular formula is C14H17N3O2. The number of aliphatic hydroxyl groups excluding tert-OH is 1. The zero-order valence-electron chi connectivity index (χ0n) is 10.9. The Labute approximate surface area is 111 Å². The summed E-state index contributed by atoms with van der Waals surface area (Å²) in [4.78, 5) is 14.4. The summed E-state index contributed by atoms with van der Waals surface area (Å²) in [7, 11) is 0. The molecule has 0 saturated carbocycles. The van der Waals surface area contributed by atoms with Crippen molar-refractivity contribution in [2.75, 3.05) is 13.2 Å². The minimum atomic E-state index is -0.0500. The molecule has 1 fully saturated rings. The van der Waals surface area contributed by atoms with Crippen LogP contribution in [0.2, 0.25) is 0 Å². The minimum Gasteiger partial charge on any atom is -0.394 e. The number of H-pyrrole nitrogens is 1. The first kappa shape index (κ1) is 12.2. The molecule has 2 aromatic rings. The van der Waals surface area contributed by atoms with Crippen LogP contribution in [-0.2, 0) is 0 Å². The monoisotopic (exact) mass is 259 g/mol. The van der Waals surface area contributed by atoms with E-state index in [1.54, 1.807) is 11.1 Å². The second-order valence-corrected chi connectivity index (χ2v) is 5.12. The van der Waals surface area contributed by atoms with Gasteiger partial charge in [0.2, 0.25) is 0 Å². The number of benzene rings is 1. The number of carbonyl (C=O) groups is 1. The Kier molecular flexibility index (Phi) is 2.98. The fourth-order valence-corrected chi connectivity index (χ4v) is 2.82.